The highest BCUT2D eigenvalue weighted by Crippen LogP contribution is 2.31. The number of nitrogens with two attached hydrogens (primary N) is 1. The summed E-state index contributed by atoms with van der Waals surface area (Å²) in [5.74, 6) is 0.151. The summed E-state index contributed by atoms with van der Waals surface area (Å²) in [6, 6.07) is 11.3. The second-order valence-electron chi connectivity index (χ2n) is 6.30. The number of benzene rings is 1. The molecule has 3 heterocycles. The molecular formula is C20H17ClN4O2S. The molecule has 0 spiro atoms. The third kappa shape index (κ3) is 3.46. The molecule has 0 fully saturated rings. The largest absolute Gasteiger partial charge is 0.366 e. The molecule has 0 saturated heterocycles. The van der Waals surface area contributed by atoms with E-state index in [9.17, 15) is 4.79 Å². The van der Waals surface area contributed by atoms with Crippen molar-refractivity contribution in [3.63, 3.8) is 0 Å². The number of aryl methyl sites for hydroxylation is 1. The van der Waals surface area contributed by atoms with Crippen LogP contribution in [0, 0.1) is 6.92 Å². The average molecular weight is 413 g/mol. The molecule has 4 aromatic rings. The van der Waals surface area contributed by atoms with E-state index in [1.165, 1.54) is 11.3 Å². The number of hydrogen-bond acceptors (Lipinski definition) is 5. The monoisotopic (exact) mass is 412 g/mol. The van der Waals surface area contributed by atoms with Crippen LogP contribution in [0.15, 0.2) is 52.5 Å². The molecule has 3 aromatic heterocycles. The summed E-state index contributed by atoms with van der Waals surface area (Å²) in [7, 11) is 0. The van der Waals surface area contributed by atoms with E-state index in [0.29, 0.717) is 17.9 Å². The first-order chi connectivity index (χ1) is 13.5. The molecular weight excluding hydrogens is 396 g/mol. The van der Waals surface area contributed by atoms with E-state index < -0.39 is 5.91 Å². The lowest BCUT2D eigenvalue weighted by atomic mass is 10.1. The summed E-state index contributed by atoms with van der Waals surface area (Å²) >= 11 is 7.75. The van der Waals surface area contributed by atoms with Crippen molar-refractivity contribution in [2.24, 2.45) is 5.73 Å². The zero-order valence-corrected chi connectivity index (χ0v) is 16.6. The van der Waals surface area contributed by atoms with Crippen LogP contribution in [0.2, 0.25) is 5.02 Å². The third-order valence-corrected chi connectivity index (χ3v) is 5.84. The van der Waals surface area contributed by atoms with Gasteiger partial charge in [0.2, 0.25) is 0 Å². The summed E-state index contributed by atoms with van der Waals surface area (Å²) < 4.78 is 7.25. The Hall–Kier alpha value is -2.90. The number of halogens is 1. The predicted molar refractivity (Wildman–Crippen MR) is 109 cm³/mol. The van der Waals surface area contributed by atoms with Gasteiger partial charge in [0, 0.05) is 28.7 Å². The number of nitrogens with zero attached hydrogens (tertiary/aromatic N) is 3. The standard InChI is InChI=1S/C20H17ClN4O2S/c1-12-14(19(22)26)10-17(16-11-28-20(24-16)18-6-8-23-27-18)25(12)9-7-13-4-2-3-5-15(13)21/h2-6,8,10-11H,7,9H2,1H3,(H2,22,26). The Balaban J connectivity index is 1.71. The Morgan fingerprint density at radius 3 is 2.86 bits per heavy atom. The first kappa shape index (κ1) is 18.5. The summed E-state index contributed by atoms with van der Waals surface area (Å²) in [6.45, 7) is 2.53. The molecule has 142 valence electrons. The molecule has 28 heavy (non-hydrogen) atoms. The number of carbonyl (C=O) groups excluding carboxylic acids is 1. The second kappa shape index (κ2) is 7.61. The first-order valence-corrected chi connectivity index (χ1v) is 9.90. The van der Waals surface area contributed by atoms with E-state index in [-0.39, 0.29) is 0 Å². The molecule has 1 aromatic carbocycles. The van der Waals surface area contributed by atoms with Crippen molar-refractivity contribution >= 4 is 28.8 Å². The number of rotatable bonds is 6. The first-order valence-electron chi connectivity index (χ1n) is 8.65. The van der Waals surface area contributed by atoms with Gasteiger partial charge < -0.3 is 14.8 Å². The van der Waals surface area contributed by atoms with Gasteiger partial charge in [-0.3, -0.25) is 4.79 Å². The van der Waals surface area contributed by atoms with Gasteiger partial charge in [-0.1, -0.05) is 35.0 Å². The fourth-order valence-electron chi connectivity index (χ4n) is 3.16. The molecule has 0 aliphatic heterocycles. The third-order valence-electron chi connectivity index (χ3n) is 4.61. The van der Waals surface area contributed by atoms with Gasteiger partial charge in [0.15, 0.2) is 10.8 Å². The minimum absolute atomic E-state index is 0.457. The minimum atomic E-state index is -0.457. The molecule has 0 unspecified atom stereocenters. The predicted octanol–water partition coefficient (Wildman–Crippen LogP) is 4.57. The van der Waals surface area contributed by atoms with Gasteiger partial charge in [0.05, 0.1) is 23.1 Å². The lowest BCUT2D eigenvalue weighted by Crippen LogP contribution is -2.13. The van der Waals surface area contributed by atoms with Gasteiger partial charge in [0.25, 0.3) is 5.91 Å². The number of amides is 1. The van der Waals surface area contributed by atoms with Crippen molar-refractivity contribution in [1.82, 2.24) is 14.7 Å². The second-order valence-corrected chi connectivity index (χ2v) is 7.57. The van der Waals surface area contributed by atoms with E-state index in [4.69, 9.17) is 21.9 Å². The smallest absolute Gasteiger partial charge is 0.250 e. The molecule has 0 aliphatic rings. The van der Waals surface area contributed by atoms with Crippen molar-refractivity contribution in [3.05, 3.63) is 69.8 Å². The lowest BCUT2D eigenvalue weighted by Gasteiger charge is -2.11. The number of carbonyl (C=O) groups is 1. The highest BCUT2D eigenvalue weighted by molar-refractivity contribution is 7.13. The quantitative estimate of drug-likeness (QED) is 0.502. The summed E-state index contributed by atoms with van der Waals surface area (Å²) in [5.41, 5.74) is 9.51. The summed E-state index contributed by atoms with van der Waals surface area (Å²) in [4.78, 5) is 16.5. The molecule has 0 bridgehead atoms. The maximum Gasteiger partial charge on any atom is 0.250 e. The van der Waals surface area contributed by atoms with Crippen molar-refractivity contribution in [3.8, 4) is 22.2 Å². The highest BCUT2D eigenvalue weighted by Gasteiger charge is 2.19. The van der Waals surface area contributed by atoms with Crippen LogP contribution in [-0.2, 0) is 13.0 Å². The molecule has 6 nitrogen and oxygen atoms in total. The van der Waals surface area contributed by atoms with Gasteiger partial charge in [-0.2, -0.15) is 0 Å². The average Bonchev–Trinajstić information content (AvgIpc) is 3.41. The van der Waals surface area contributed by atoms with E-state index in [2.05, 4.69) is 14.7 Å². The minimum Gasteiger partial charge on any atom is -0.366 e. The van der Waals surface area contributed by atoms with Gasteiger partial charge in [-0.15, -0.1) is 11.3 Å². The van der Waals surface area contributed by atoms with E-state index in [1.807, 2.05) is 36.6 Å². The van der Waals surface area contributed by atoms with Crippen LogP contribution in [0.3, 0.4) is 0 Å². The van der Waals surface area contributed by atoms with E-state index in [1.54, 1.807) is 18.3 Å². The SMILES string of the molecule is Cc1c(C(N)=O)cc(-c2csc(-c3ccno3)n2)n1CCc1ccccc1Cl. The van der Waals surface area contributed by atoms with Crippen molar-refractivity contribution in [1.29, 1.82) is 0 Å². The van der Waals surface area contributed by atoms with Gasteiger partial charge in [-0.25, -0.2) is 4.98 Å². The normalized spacial score (nSPS) is 11.1. The van der Waals surface area contributed by atoms with Crippen LogP contribution < -0.4 is 5.73 Å². The zero-order valence-electron chi connectivity index (χ0n) is 15.1. The molecule has 2 N–H and O–H groups in total. The van der Waals surface area contributed by atoms with E-state index >= 15 is 0 Å². The van der Waals surface area contributed by atoms with Gasteiger partial charge in [-0.05, 0) is 31.0 Å². The van der Waals surface area contributed by atoms with Crippen molar-refractivity contribution < 1.29 is 9.32 Å². The zero-order chi connectivity index (χ0) is 19.7. The van der Waals surface area contributed by atoms with Crippen LogP contribution >= 0.6 is 22.9 Å². The molecule has 8 heteroatoms. The maximum absolute atomic E-state index is 11.9. The van der Waals surface area contributed by atoms with Crippen LogP contribution in [0.1, 0.15) is 21.6 Å². The van der Waals surface area contributed by atoms with Crippen LogP contribution in [0.5, 0.6) is 0 Å². The van der Waals surface area contributed by atoms with Crippen molar-refractivity contribution in [2.45, 2.75) is 19.9 Å². The summed E-state index contributed by atoms with van der Waals surface area (Å²) in [6.07, 6.45) is 2.30. The summed E-state index contributed by atoms with van der Waals surface area (Å²) in [5, 5.41) is 7.11. The Kier molecular flexibility index (Phi) is 5.02. The topological polar surface area (TPSA) is 86.9 Å². The molecule has 1 amide bonds. The van der Waals surface area contributed by atoms with Gasteiger partial charge in [0.1, 0.15) is 0 Å². The molecule has 0 saturated carbocycles. The maximum atomic E-state index is 11.9. The molecule has 0 atom stereocenters. The molecule has 4 rings (SSSR count). The Labute approximate surface area is 170 Å². The fraction of sp³-hybridized carbons (Fsp3) is 0.150. The number of hydrogen-bond donors (Lipinski definition) is 1. The highest BCUT2D eigenvalue weighted by atomic mass is 35.5. The van der Waals surface area contributed by atoms with Crippen LogP contribution in [0.4, 0.5) is 0 Å². The van der Waals surface area contributed by atoms with Crippen LogP contribution in [0.25, 0.3) is 22.2 Å². The number of aromatic nitrogens is 3. The van der Waals surface area contributed by atoms with Crippen LogP contribution in [-0.4, -0.2) is 20.6 Å². The fourth-order valence-corrected chi connectivity index (χ4v) is 4.16. The van der Waals surface area contributed by atoms with Crippen molar-refractivity contribution in [2.75, 3.05) is 0 Å². The van der Waals surface area contributed by atoms with Gasteiger partial charge >= 0.3 is 0 Å². The van der Waals surface area contributed by atoms with E-state index in [0.717, 1.165) is 39.1 Å². The molecule has 0 aliphatic carbocycles. The Morgan fingerprint density at radius 1 is 1.32 bits per heavy atom. The number of thiazole rings is 1. The lowest BCUT2D eigenvalue weighted by molar-refractivity contribution is 0.0999. The molecule has 0 radical (unpaired) electrons. The number of primary amides is 1. The Bertz CT molecular complexity index is 1130. The Morgan fingerprint density at radius 2 is 2.14 bits per heavy atom.